The molecule has 0 saturated carbocycles. The second kappa shape index (κ2) is 4.61. The summed E-state index contributed by atoms with van der Waals surface area (Å²) in [6.07, 6.45) is 0. The average molecular weight is 226 g/mol. The van der Waals surface area contributed by atoms with Crippen LogP contribution < -0.4 is 11.1 Å². The van der Waals surface area contributed by atoms with Crippen LogP contribution in [0.2, 0.25) is 0 Å². The molecule has 0 spiro atoms. The number of hydrogen-bond donors (Lipinski definition) is 3. The van der Waals surface area contributed by atoms with Gasteiger partial charge in [0.05, 0.1) is 0 Å². The fourth-order valence-electron chi connectivity index (χ4n) is 1.06. The Morgan fingerprint density at radius 1 is 1.44 bits per heavy atom. The predicted molar refractivity (Wildman–Crippen MR) is 54.2 cm³/mol. The summed E-state index contributed by atoms with van der Waals surface area (Å²) in [6, 6.07) is 2.04. The topological polar surface area (TPSA) is 92.4 Å². The molecule has 0 unspecified atom stereocenters. The fourth-order valence-corrected chi connectivity index (χ4v) is 1.06. The van der Waals surface area contributed by atoms with Crippen LogP contribution in [0.25, 0.3) is 0 Å². The lowest BCUT2D eigenvalue weighted by atomic mass is 10.2. The SMILES string of the molecule is C[C@H](NC(=O)c1cc(O)cc(F)c1)C(N)=O. The molecule has 0 radical (unpaired) electrons. The molecule has 1 aromatic carbocycles. The Balaban J connectivity index is 2.84. The van der Waals surface area contributed by atoms with E-state index >= 15 is 0 Å². The number of carbonyl (C=O) groups excluding carboxylic acids is 2. The molecule has 2 amide bonds. The highest BCUT2D eigenvalue weighted by Crippen LogP contribution is 2.14. The van der Waals surface area contributed by atoms with E-state index in [-0.39, 0.29) is 11.3 Å². The number of primary amides is 1. The van der Waals surface area contributed by atoms with E-state index in [2.05, 4.69) is 5.32 Å². The van der Waals surface area contributed by atoms with Crippen molar-refractivity contribution in [1.29, 1.82) is 0 Å². The lowest BCUT2D eigenvalue weighted by Gasteiger charge is -2.10. The summed E-state index contributed by atoms with van der Waals surface area (Å²) in [7, 11) is 0. The first kappa shape index (κ1) is 12.0. The Hall–Kier alpha value is -2.11. The molecule has 5 nitrogen and oxygen atoms in total. The van der Waals surface area contributed by atoms with Gasteiger partial charge in [0.1, 0.15) is 17.6 Å². The molecule has 0 aliphatic rings. The van der Waals surface area contributed by atoms with E-state index in [9.17, 15) is 14.0 Å². The fraction of sp³-hybridized carbons (Fsp3) is 0.200. The minimum absolute atomic E-state index is 0.0781. The van der Waals surface area contributed by atoms with Crippen LogP contribution in [0.3, 0.4) is 0 Å². The monoisotopic (exact) mass is 226 g/mol. The number of nitrogens with one attached hydrogen (secondary N) is 1. The summed E-state index contributed by atoms with van der Waals surface area (Å²) < 4.78 is 12.9. The molecule has 0 heterocycles. The summed E-state index contributed by atoms with van der Waals surface area (Å²) in [6.45, 7) is 1.40. The van der Waals surface area contributed by atoms with E-state index < -0.39 is 23.7 Å². The van der Waals surface area contributed by atoms with Crippen LogP contribution in [0.15, 0.2) is 18.2 Å². The van der Waals surface area contributed by atoms with Crippen LogP contribution in [-0.2, 0) is 4.79 Å². The third-order valence-electron chi connectivity index (χ3n) is 1.92. The Bertz CT molecular complexity index is 414. The van der Waals surface area contributed by atoms with Gasteiger partial charge in [-0.3, -0.25) is 9.59 Å². The van der Waals surface area contributed by atoms with Crippen LogP contribution in [0.1, 0.15) is 17.3 Å². The zero-order valence-corrected chi connectivity index (χ0v) is 8.53. The maximum absolute atomic E-state index is 12.9. The number of phenolic OH excluding ortho intramolecular Hbond substituents is 1. The van der Waals surface area contributed by atoms with Crippen molar-refractivity contribution in [2.75, 3.05) is 0 Å². The number of phenols is 1. The van der Waals surface area contributed by atoms with Crippen LogP contribution >= 0.6 is 0 Å². The van der Waals surface area contributed by atoms with Crippen molar-refractivity contribution < 1.29 is 19.1 Å². The maximum Gasteiger partial charge on any atom is 0.252 e. The first-order valence-electron chi connectivity index (χ1n) is 4.50. The smallest absolute Gasteiger partial charge is 0.252 e. The second-order valence-corrected chi connectivity index (χ2v) is 3.30. The molecule has 0 fully saturated rings. The molecule has 6 heteroatoms. The van der Waals surface area contributed by atoms with Gasteiger partial charge in [-0.1, -0.05) is 0 Å². The molecule has 1 atom stereocenters. The average Bonchev–Trinajstić information content (AvgIpc) is 2.15. The Morgan fingerprint density at radius 2 is 2.06 bits per heavy atom. The normalized spacial score (nSPS) is 11.9. The number of halogens is 1. The first-order chi connectivity index (χ1) is 7.40. The molecular formula is C10H11FN2O3. The Morgan fingerprint density at radius 3 is 2.56 bits per heavy atom. The number of amides is 2. The summed E-state index contributed by atoms with van der Waals surface area (Å²) in [5, 5.41) is 11.3. The molecule has 0 aliphatic carbocycles. The standard InChI is InChI=1S/C10H11FN2O3/c1-5(9(12)15)13-10(16)6-2-7(11)4-8(14)3-6/h2-5,14H,1H3,(H2,12,15)(H,13,16)/t5-/m0/s1. The predicted octanol–water partition coefficient (Wildman–Crippen LogP) is 0.135. The van der Waals surface area contributed by atoms with Gasteiger partial charge < -0.3 is 16.2 Å². The Kier molecular flexibility index (Phi) is 3.44. The van der Waals surface area contributed by atoms with Gasteiger partial charge in [0.2, 0.25) is 5.91 Å². The number of benzene rings is 1. The minimum Gasteiger partial charge on any atom is -0.508 e. The van der Waals surface area contributed by atoms with E-state index in [0.29, 0.717) is 0 Å². The van der Waals surface area contributed by atoms with Gasteiger partial charge in [0.15, 0.2) is 0 Å². The number of hydrogen-bond acceptors (Lipinski definition) is 3. The highest BCUT2D eigenvalue weighted by molar-refractivity contribution is 5.97. The van der Waals surface area contributed by atoms with E-state index in [1.807, 2.05) is 0 Å². The van der Waals surface area contributed by atoms with Crippen molar-refractivity contribution in [3.05, 3.63) is 29.6 Å². The van der Waals surface area contributed by atoms with Crippen LogP contribution in [0.4, 0.5) is 4.39 Å². The third kappa shape index (κ3) is 2.94. The largest absolute Gasteiger partial charge is 0.508 e. The van der Waals surface area contributed by atoms with E-state index in [1.165, 1.54) is 6.92 Å². The molecule has 86 valence electrons. The second-order valence-electron chi connectivity index (χ2n) is 3.30. The summed E-state index contributed by atoms with van der Waals surface area (Å²) >= 11 is 0. The van der Waals surface area contributed by atoms with Crippen molar-refractivity contribution in [3.8, 4) is 5.75 Å². The van der Waals surface area contributed by atoms with Gasteiger partial charge in [-0.05, 0) is 19.1 Å². The quantitative estimate of drug-likeness (QED) is 0.684. The number of rotatable bonds is 3. The summed E-state index contributed by atoms with van der Waals surface area (Å²) in [4.78, 5) is 22.2. The molecule has 0 bridgehead atoms. The molecular weight excluding hydrogens is 215 g/mol. The van der Waals surface area contributed by atoms with Gasteiger partial charge >= 0.3 is 0 Å². The maximum atomic E-state index is 12.9. The molecule has 16 heavy (non-hydrogen) atoms. The molecule has 4 N–H and O–H groups in total. The van der Waals surface area contributed by atoms with Crippen molar-refractivity contribution in [2.24, 2.45) is 5.73 Å². The molecule has 0 aromatic heterocycles. The van der Waals surface area contributed by atoms with Gasteiger partial charge in [-0.15, -0.1) is 0 Å². The van der Waals surface area contributed by atoms with E-state index in [0.717, 1.165) is 18.2 Å². The molecule has 0 saturated heterocycles. The van der Waals surface area contributed by atoms with E-state index in [1.54, 1.807) is 0 Å². The lowest BCUT2D eigenvalue weighted by Crippen LogP contribution is -2.42. The van der Waals surface area contributed by atoms with Crippen LogP contribution in [0.5, 0.6) is 5.75 Å². The highest BCUT2D eigenvalue weighted by Gasteiger charge is 2.14. The summed E-state index contributed by atoms with van der Waals surface area (Å²) in [5.74, 6) is -2.48. The van der Waals surface area contributed by atoms with Crippen LogP contribution in [-0.4, -0.2) is 23.0 Å². The highest BCUT2D eigenvalue weighted by atomic mass is 19.1. The Labute approximate surface area is 91.1 Å². The van der Waals surface area contributed by atoms with Crippen LogP contribution in [0, 0.1) is 5.82 Å². The zero-order valence-electron chi connectivity index (χ0n) is 8.53. The van der Waals surface area contributed by atoms with Gasteiger partial charge in [-0.25, -0.2) is 4.39 Å². The van der Waals surface area contributed by atoms with Crippen molar-refractivity contribution >= 4 is 11.8 Å². The molecule has 1 rings (SSSR count). The van der Waals surface area contributed by atoms with E-state index in [4.69, 9.17) is 10.8 Å². The number of aromatic hydroxyl groups is 1. The number of nitrogens with two attached hydrogens (primary N) is 1. The first-order valence-corrected chi connectivity index (χ1v) is 4.50. The van der Waals surface area contributed by atoms with Gasteiger partial charge in [0.25, 0.3) is 5.91 Å². The number of carbonyl (C=O) groups is 2. The van der Waals surface area contributed by atoms with Crippen molar-refractivity contribution in [3.63, 3.8) is 0 Å². The zero-order chi connectivity index (χ0) is 12.3. The van der Waals surface area contributed by atoms with Crippen molar-refractivity contribution in [2.45, 2.75) is 13.0 Å². The lowest BCUT2D eigenvalue weighted by molar-refractivity contribution is -0.119. The molecule has 1 aromatic rings. The minimum atomic E-state index is -0.863. The summed E-state index contributed by atoms with van der Waals surface area (Å²) in [5.41, 5.74) is 4.87. The van der Waals surface area contributed by atoms with Gasteiger partial charge in [-0.2, -0.15) is 0 Å². The van der Waals surface area contributed by atoms with Crippen molar-refractivity contribution in [1.82, 2.24) is 5.32 Å². The molecule has 0 aliphatic heterocycles. The third-order valence-corrected chi connectivity index (χ3v) is 1.92. The van der Waals surface area contributed by atoms with Gasteiger partial charge in [0, 0.05) is 11.6 Å².